The van der Waals surface area contributed by atoms with Crippen LogP contribution in [0.3, 0.4) is 0 Å². The number of carbonyl (C=O) groups is 1. The molecule has 4 nitrogen and oxygen atoms in total. The Morgan fingerprint density at radius 3 is 3.00 bits per heavy atom. The third kappa shape index (κ3) is 3.07. The number of ether oxygens (including phenoxy) is 1. The molecule has 0 aromatic heterocycles. The molecule has 1 fully saturated rings. The predicted molar refractivity (Wildman–Crippen MR) is 72.9 cm³/mol. The van der Waals surface area contributed by atoms with Crippen molar-refractivity contribution in [3.63, 3.8) is 0 Å². The fraction of sp³-hybridized carbons (Fsp3) is 0.533. The zero-order valence-corrected chi connectivity index (χ0v) is 11.0. The van der Waals surface area contributed by atoms with E-state index in [9.17, 15) is 4.79 Å². The van der Waals surface area contributed by atoms with Crippen LogP contribution in [0.1, 0.15) is 36.4 Å². The number of aryl methyl sites for hydroxylation is 1. The van der Waals surface area contributed by atoms with E-state index in [0.717, 1.165) is 25.1 Å². The molecule has 0 aliphatic heterocycles. The third-order valence-corrected chi connectivity index (χ3v) is 3.89. The number of amides is 1. The van der Waals surface area contributed by atoms with Crippen molar-refractivity contribution in [2.24, 2.45) is 11.7 Å². The first-order chi connectivity index (χ1) is 9.22. The summed E-state index contributed by atoms with van der Waals surface area (Å²) in [5, 5.41) is 2.89. The van der Waals surface area contributed by atoms with Gasteiger partial charge in [0.05, 0.1) is 0 Å². The number of rotatable bonds is 5. The van der Waals surface area contributed by atoms with E-state index in [0.29, 0.717) is 5.92 Å². The summed E-state index contributed by atoms with van der Waals surface area (Å²) in [7, 11) is 0. The van der Waals surface area contributed by atoms with Crippen LogP contribution in [0, 0.1) is 5.92 Å². The summed E-state index contributed by atoms with van der Waals surface area (Å²) in [5.41, 5.74) is 8.45. The molecular formula is C15H20N2O2. The van der Waals surface area contributed by atoms with E-state index in [1.165, 1.54) is 24.0 Å². The summed E-state index contributed by atoms with van der Waals surface area (Å²) >= 11 is 0. The van der Waals surface area contributed by atoms with Crippen LogP contribution in [0.5, 0.6) is 5.75 Å². The first kappa shape index (κ1) is 12.5. The largest absolute Gasteiger partial charge is 0.484 e. The molecule has 19 heavy (non-hydrogen) atoms. The molecule has 2 aliphatic carbocycles. The van der Waals surface area contributed by atoms with E-state index in [1.54, 1.807) is 0 Å². The number of nitrogens with one attached hydrogen (secondary N) is 1. The number of carbonyl (C=O) groups excluding carboxylic acids is 1. The molecule has 4 heteroatoms. The second-order valence-corrected chi connectivity index (χ2v) is 5.54. The highest BCUT2D eigenvalue weighted by Crippen LogP contribution is 2.31. The lowest BCUT2D eigenvalue weighted by atomic mass is 10.1. The number of nitrogens with two attached hydrogens (primary N) is 1. The van der Waals surface area contributed by atoms with E-state index in [2.05, 4.69) is 5.32 Å². The van der Waals surface area contributed by atoms with Gasteiger partial charge in [-0.15, -0.1) is 0 Å². The van der Waals surface area contributed by atoms with Gasteiger partial charge in [0, 0.05) is 12.6 Å². The van der Waals surface area contributed by atoms with Crippen LogP contribution in [-0.4, -0.2) is 19.1 Å². The van der Waals surface area contributed by atoms with Crippen molar-refractivity contribution in [3.8, 4) is 5.75 Å². The molecule has 3 rings (SSSR count). The van der Waals surface area contributed by atoms with Gasteiger partial charge in [-0.05, 0) is 54.9 Å². The molecule has 0 unspecified atom stereocenters. The van der Waals surface area contributed by atoms with E-state index in [4.69, 9.17) is 10.5 Å². The average molecular weight is 260 g/mol. The Morgan fingerprint density at radius 2 is 2.21 bits per heavy atom. The topological polar surface area (TPSA) is 64.3 Å². The van der Waals surface area contributed by atoms with Gasteiger partial charge in [0.2, 0.25) is 0 Å². The maximum absolute atomic E-state index is 11.6. The van der Waals surface area contributed by atoms with E-state index in [-0.39, 0.29) is 18.6 Å². The Morgan fingerprint density at radius 1 is 1.37 bits per heavy atom. The molecular weight excluding hydrogens is 240 g/mol. The molecule has 0 radical (unpaired) electrons. The van der Waals surface area contributed by atoms with Gasteiger partial charge in [0.25, 0.3) is 5.91 Å². The van der Waals surface area contributed by atoms with Gasteiger partial charge in [0.15, 0.2) is 6.61 Å². The van der Waals surface area contributed by atoms with Gasteiger partial charge in [-0.1, -0.05) is 6.07 Å². The third-order valence-electron chi connectivity index (χ3n) is 3.89. The number of fused-ring (bicyclic) bond motifs is 1. The summed E-state index contributed by atoms with van der Waals surface area (Å²) in [6, 6.07) is 6.09. The van der Waals surface area contributed by atoms with Crippen molar-refractivity contribution in [2.45, 2.75) is 31.7 Å². The molecule has 102 valence electrons. The molecule has 2 aliphatic rings. The first-order valence-electron chi connectivity index (χ1n) is 7.00. The van der Waals surface area contributed by atoms with Crippen LogP contribution in [0.25, 0.3) is 0 Å². The smallest absolute Gasteiger partial charge is 0.257 e. The highest BCUT2D eigenvalue weighted by atomic mass is 16.5. The molecule has 0 heterocycles. The van der Waals surface area contributed by atoms with Crippen molar-refractivity contribution in [1.82, 2.24) is 5.32 Å². The summed E-state index contributed by atoms with van der Waals surface area (Å²) in [6.07, 6.45) is 4.49. The van der Waals surface area contributed by atoms with E-state index < -0.39 is 0 Å². The molecule has 0 bridgehead atoms. The molecule has 1 saturated carbocycles. The minimum atomic E-state index is -0.0379. The maximum Gasteiger partial charge on any atom is 0.257 e. The summed E-state index contributed by atoms with van der Waals surface area (Å²) in [5.74, 6) is 1.42. The second-order valence-electron chi connectivity index (χ2n) is 5.54. The maximum atomic E-state index is 11.6. The van der Waals surface area contributed by atoms with E-state index in [1.807, 2.05) is 18.2 Å². The minimum absolute atomic E-state index is 0.0379. The zero-order chi connectivity index (χ0) is 13.2. The Bertz CT molecular complexity index is 483. The lowest BCUT2D eigenvalue weighted by Crippen LogP contribution is -2.30. The molecule has 1 aromatic rings. The normalized spacial score (nSPS) is 21.0. The van der Waals surface area contributed by atoms with Gasteiger partial charge >= 0.3 is 0 Å². The van der Waals surface area contributed by atoms with Crippen molar-refractivity contribution >= 4 is 5.91 Å². The molecule has 1 aromatic carbocycles. The molecule has 0 spiro atoms. The van der Waals surface area contributed by atoms with E-state index >= 15 is 0 Å². The standard InChI is InChI=1S/C15H20N2O2/c16-14-6-3-11-7-12(4-5-13(11)14)19-9-15(18)17-8-10-1-2-10/h4-5,7,10,14H,1-3,6,8-9,16H2,(H,17,18)/t14-/m1/s1. The highest BCUT2D eigenvalue weighted by Gasteiger charge is 2.22. The number of benzene rings is 1. The zero-order valence-electron chi connectivity index (χ0n) is 11.0. The van der Waals surface area contributed by atoms with Crippen molar-refractivity contribution in [1.29, 1.82) is 0 Å². The SMILES string of the molecule is N[C@@H]1CCc2cc(OCC(=O)NCC3CC3)ccc21. The van der Waals surface area contributed by atoms with Crippen LogP contribution in [0.2, 0.25) is 0 Å². The molecule has 1 amide bonds. The van der Waals surface area contributed by atoms with Crippen molar-refractivity contribution in [2.75, 3.05) is 13.2 Å². The Labute approximate surface area is 113 Å². The predicted octanol–water partition coefficient (Wildman–Crippen LogP) is 1.54. The molecule has 0 saturated heterocycles. The minimum Gasteiger partial charge on any atom is -0.484 e. The molecule has 3 N–H and O–H groups in total. The second kappa shape index (κ2) is 5.21. The fourth-order valence-electron chi connectivity index (χ4n) is 2.50. The molecule has 1 atom stereocenters. The summed E-state index contributed by atoms with van der Waals surface area (Å²) in [6.45, 7) is 0.888. The Balaban J connectivity index is 1.51. The van der Waals surface area contributed by atoms with Crippen LogP contribution < -0.4 is 15.8 Å². The number of hydrogen-bond acceptors (Lipinski definition) is 3. The lowest BCUT2D eigenvalue weighted by Gasteiger charge is -2.09. The van der Waals surface area contributed by atoms with Crippen LogP contribution in [0.4, 0.5) is 0 Å². The lowest BCUT2D eigenvalue weighted by molar-refractivity contribution is -0.123. The summed E-state index contributed by atoms with van der Waals surface area (Å²) < 4.78 is 5.53. The number of hydrogen-bond donors (Lipinski definition) is 2. The summed E-state index contributed by atoms with van der Waals surface area (Å²) in [4.78, 5) is 11.6. The monoisotopic (exact) mass is 260 g/mol. The van der Waals surface area contributed by atoms with Crippen LogP contribution >= 0.6 is 0 Å². The fourth-order valence-corrected chi connectivity index (χ4v) is 2.50. The van der Waals surface area contributed by atoms with Crippen molar-refractivity contribution < 1.29 is 9.53 Å². The van der Waals surface area contributed by atoms with Gasteiger partial charge in [-0.3, -0.25) is 4.79 Å². The Hall–Kier alpha value is -1.55. The van der Waals surface area contributed by atoms with Gasteiger partial charge in [-0.25, -0.2) is 0 Å². The average Bonchev–Trinajstić information content (AvgIpc) is 3.18. The van der Waals surface area contributed by atoms with Crippen molar-refractivity contribution in [3.05, 3.63) is 29.3 Å². The quantitative estimate of drug-likeness (QED) is 0.844. The van der Waals surface area contributed by atoms with Crippen LogP contribution in [-0.2, 0) is 11.2 Å². The Kier molecular flexibility index (Phi) is 3.42. The van der Waals surface area contributed by atoms with Crippen LogP contribution in [0.15, 0.2) is 18.2 Å². The van der Waals surface area contributed by atoms with Gasteiger partial charge in [0.1, 0.15) is 5.75 Å². The van der Waals surface area contributed by atoms with Gasteiger partial charge < -0.3 is 15.8 Å². The van der Waals surface area contributed by atoms with Gasteiger partial charge in [-0.2, -0.15) is 0 Å². The first-order valence-corrected chi connectivity index (χ1v) is 7.00. The highest BCUT2D eigenvalue weighted by molar-refractivity contribution is 5.77.